The summed E-state index contributed by atoms with van der Waals surface area (Å²) in [5.41, 5.74) is 3.46. The fourth-order valence-electron chi connectivity index (χ4n) is 0.959. The molecule has 0 aliphatic carbocycles. The molecule has 60 valence electrons. The van der Waals surface area contributed by atoms with Crippen LogP contribution in [0.25, 0.3) is 0 Å². The minimum Gasteiger partial charge on any atom is -0.0985 e. The van der Waals surface area contributed by atoms with Gasteiger partial charge >= 0.3 is 0 Å². The van der Waals surface area contributed by atoms with Crippen molar-refractivity contribution in [2.45, 2.75) is 20.8 Å². The lowest BCUT2D eigenvalue weighted by atomic mass is 10.1. The van der Waals surface area contributed by atoms with Crippen molar-refractivity contribution in [3.8, 4) is 0 Å². The van der Waals surface area contributed by atoms with E-state index >= 15 is 0 Å². The van der Waals surface area contributed by atoms with Crippen LogP contribution in [0.1, 0.15) is 20.8 Å². The molecule has 0 fully saturated rings. The highest BCUT2D eigenvalue weighted by Gasteiger charge is 1.91. The summed E-state index contributed by atoms with van der Waals surface area (Å²) in [6, 6.07) is 0. The van der Waals surface area contributed by atoms with Gasteiger partial charge in [-0.15, -0.1) is 0 Å². The zero-order valence-electron chi connectivity index (χ0n) is 7.65. The third-order valence-electron chi connectivity index (χ3n) is 1.45. The summed E-state index contributed by atoms with van der Waals surface area (Å²) < 4.78 is 0. The Kier molecular flexibility index (Phi) is 4.28. The molecule has 0 saturated heterocycles. The Hall–Kier alpha value is -1.04. The van der Waals surface area contributed by atoms with E-state index in [4.69, 9.17) is 0 Å². The molecule has 0 aliphatic heterocycles. The van der Waals surface area contributed by atoms with Gasteiger partial charge in [0.1, 0.15) is 0 Å². The molecule has 0 aromatic rings. The first kappa shape index (κ1) is 9.96. The average molecular weight is 148 g/mol. The molecule has 0 nitrogen and oxygen atoms in total. The van der Waals surface area contributed by atoms with E-state index in [0.717, 1.165) is 5.57 Å². The van der Waals surface area contributed by atoms with Crippen LogP contribution in [0.15, 0.2) is 48.1 Å². The van der Waals surface area contributed by atoms with Crippen LogP contribution in [0.2, 0.25) is 0 Å². The van der Waals surface area contributed by atoms with Crippen molar-refractivity contribution in [3.05, 3.63) is 48.1 Å². The summed E-state index contributed by atoms with van der Waals surface area (Å²) in [5.74, 6) is 0. The third-order valence-corrected chi connectivity index (χ3v) is 1.45. The first-order chi connectivity index (χ1) is 5.11. The van der Waals surface area contributed by atoms with Gasteiger partial charge in [0.15, 0.2) is 0 Å². The molecular formula is C11H16. The highest BCUT2D eigenvalue weighted by Crippen LogP contribution is 2.11. The predicted molar refractivity (Wildman–Crippen MR) is 52.5 cm³/mol. The summed E-state index contributed by atoms with van der Waals surface area (Å²) in [6.07, 6.45) is 5.95. The maximum absolute atomic E-state index is 3.81. The molecule has 0 unspecified atom stereocenters. The summed E-state index contributed by atoms with van der Waals surface area (Å²) in [6.45, 7) is 13.6. The maximum atomic E-state index is 3.81. The predicted octanol–water partition coefficient (Wildman–Crippen LogP) is 3.64. The molecule has 0 aromatic carbocycles. The second-order valence-electron chi connectivity index (χ2n) is 2.62. The normalized spacial score (nSPS) is 13.0. The van der Waals surface area contributed by atoms with Crippen molar-refractivity contribution >= 4 is 0 Å². The van der Waals surface area contributed by atoms with E-state index < -0.39 is 0 Å². The Morgan fingerprint density at radius 2 is 1.82 bits per heavy atom. The van der Waals surface area contributed by atoms with Gasteiger partial charge in [0.05, 0.1) is 0 Å². The zero-order chi connectivity index (χ0) is 8.85. The molecule has 0 rings (SSSR count). The van der Waals surface area contributed by atoms with Crippen LogP contribution in [0.3, 0.4) is 0 Å². The second-order valence-corrected chi connectivity index (χ2v) is 2.62. The molecule has 0 heteroatoms. The van der Waals surface area contributed by atoms with Gasteiger partial charge < -0.3 is 0 Å². The van der Waals surface area contributed by atoms with E-state index in [1.165, 1.54) is 11.1 Å². The summed E-state index contributed by atoms with van der Waals surface area (Å²) in [7, 11) is 0. The van der Waals surface area contributed by atoms with Crippen LogP contribution in [0, 0.1) is 0 Å². The Balaban J connectivity index is 4.58. The first-order valence-electron chi connectivity index (χ1n) is 3.74. The van der Waals surface area contributed by atoms with Crippen LogP contribution < -0.4 is 0 Å². The molecule has 0 spiro atoms. The van der Waals surface area contributed by atoms with Crippen LogP contribution in [-0.4, -0.2) is 0 Å². The highest BCUT2D eigenvalue weighted by molar-refractivity contribution is 5.40. The van der Waals surface area contributed by atoms with E-state index in [0.29, 0.717) is 0 Å². The van der Waals surface area contributed by atoms with Crippen molar-refractivity contribution in [1.82, 2.24) is 0 Å². The van der Waals surface area contributed by atoms with Crippen molar-refractivity contribution in [2.24, 2.45) is 0 Å². The fraction of sp³-hybridized carbons (Fsp3) is 0.273. The second kappa shape index (κ2) is 4.73. The Bertz CT molecular complexity index is 214. The Labute approximate surface area is 69.6 Å². The average Bonchev–Trinajstić information content (AvgIpc) is 1.88. The van der Waals surface area contributed by atoms with E-state index in [1.54, 1.807) is 0 Å². The van der Waals surface area contributed by atoms with E-state index in [9.17, 15) is 0 Å². The van der Waals surface area contributed by atoms with Crippen LogP contribution in [0.4, 0.5) is 0 Å². The van der Waals surface area contributed by atoms with Crippen LogP contribution in [0.5, 0.6) is 0 Å². The van der Waals surface area contributed by atoms with Crippen molar-refractivity contribution < 1.29 is 0 Å². The van der Waals surface area contributed by atoms with Crippen LogP contribution in [-0.2, 0) is 0 Å². The number of hydrogen-bond acceptors (Lipinski definition) is 0. The molecular weight excluding hydrogens is 132 g/mol. The Morgan fingerprint density at radius 1 is 1.27 bits per heavy atom. The minimum atomic E-state index is 1.07. The topological polar surface area (TPSA) is 0 Å². The lowest BCUT2D eigenvalue weighted by Crippen LogP contribution is -1.80. The number of allylic oxidation sites excluding steroid dienone is 6. The summed E-state index contributed by atoms with van der Waals surface area (Å²) in [4.78, 5) is 0. The van der Waals surface area contributed by atoms with Gasteiger partial charge in [-0.25, -0.2) is 0 Å². The van der Waals surface area contributed by atoms with Crippen molar-refractivity contribution in [1.29, 1.82) is 0 Å². The molecule has 0 N–H and O–H groups in total. The van der Waals surface area contributed by atoms with E-state index in [-0.39, 0.29) is 0 Å². The molecule has 0 bridgehead atoms. The SMILES string of the molecule is C=CC(=C/C)/C(C)=C\C(=C)C. The number of rotatable bonds is 3. The molecule has 0 saturated carbocycles. The largest absolute Gasteiger partial charge is 0.0985 e. The van der Waals surface area contributed by atoms with Gasteiger partial charge in [0.25, 0.3) is 0 Å². The molecule has 0 aliphatic rings. The van der Waals surface area contributed by atoms with E-state index in [2.05, 4.69) is 26.2 Å². The highest BCUT2D eigenvalue weighted by atomic mass is 14.0. The van der Waals surface area contributed by atoms with Gasteiger partial charge in [-0.3, -0.25) is 0 Å². The Morgan fingerprint density at radius 3 is 2.09 bits per heavy atom. The van der Waals surface area contributed by atoms with Gasteiger partial charge in [-0.1, -0.05) is 37.0 Å². The van der Waals surface area contributed by atoms with Crippen LogP contribution >= 0.6 is 0 Å². The quantitative estimate of drug-likeness (QED) is 0.536. The summed E-state index contributed by atoms with van der Waals surface area (Å²) in [5, 5.41) is 0. The van der Waals surface area contributed by atoms with Crippen molar-refractivity contribution in [3.63, 3.8) is 0 Å². The smallest absolute Gasteiger partial charge is 0.0276 e. The fourth-order valence-corrected chi connectivity index (χ4v) is 0.959. The molecule has 0 heterocycles. The van der Waals surface area contributed by atoms with Gasteiger partial charge in [-0.05, 0) is 31.9 Å². The molecule has 0 aromatic heterocycles. The molecule has 0 amide bonds. The molecule has 11 heavy (non-hydrogen) atoms. The lowest BCUT2D eigenvalue weighted by molar-refractivity contribution is 1.37. The standard InChI is InChI=1S/C11H16/c1-6-11(7-2)10(5)8-9(3)4/h6-8H,1,3H2,2,4-5H3/b10-8-,11-7-. The van der Waals surface area contributed by atoms with Gasteiger partial charge in [0, 0.05) is 0 Å². The van der Waals surface area contributed by atoms with Crippen molar-refractivity contribution in [2.75, 3.05) is 0 Å². The third kappa shape index (κ3) is 3.61. The first-order valence-corrected chi connectivity index (χ1v) is 3.74. The summed E-state index contributed by atoms with van der Waals surface area (Å²) >= 11 is 0. The van der Waals surface area contributed by atoms with Gasteiger partial charge in [0.2, 0.25) is 0 Å². The van der Waals surface area contributed by atoms with E-state index in [1.807, 2.05) is 26.0 Å². The number of hydrogen-bond donors (Lipinski definition) is 0. The monoisotopic (exact) mass is 148 g/mol. The maximum Gasteiger partial charge on any atom is -0.0276 e. The zero-order valence-corrected chi connectivity index (χ0v) is 7.65. The molecule has 0 atom stereocenters. The minimum absolute atomic E-state index is 1.07. The van der Waals surface area contributed by atoms with Gasteiger partial charge in [-0.2, -0.15) is 0 Å². The molecule has 0 radical (unpaired) electrons. The lowest BCUT2D eigenvalue weighted by Gasteiger charge is -2.00.